The number of anilines is 2. The Morgan fingerprint density at radius 2 is 1.56 bits per heavy atom. The van der Waals surface area contributed by atoms with Gasteiger partial charge in [0.2, 0.25) is 5.91 Å². The van der Waals surface area contributed by atoms with Crippen LogP contribution in [0, 0.1) is 13.8 Å². The van der Waals surface area contributed by atoms with Crippen LogP contribution in [0.4, 0.5) is 11.4 Å². The normalized spacial score (nSPS) is 11.5. The molecule has 0 aliphatic rings. The first kappa shape index (κ1) is 24.9. The number of nitrogens with zero attached hydrogens (tertiary/aromatic N) is 2. The van der Waals surface area contributed by atoms with Crippen LogP contribution in [-0.4, -0.2) is 32.2 Å². The molecule has 9 heteroatoms. The predicted molar refractivity (Wildman–Crippen MR) is 142 cm³/mol. The third-order valence-corrected chi connectivity index (χ3v) is 6.64. The van der Waals surface area contributed by atoms with E-state index in [1.807, 2.05) is 38.1 Å². The smallest absolute Gasteiger partial charge is 0.278 e. The number of hydrogen-bond donors (Lipinski definition) is 3. The number of thioether (sulfide) groups is 1. The number of benzene rings is 3. The van der Waals surface area contributed by atoms with Gasteiger partial charge < -0.3 is 10.6 Å². The van der Waals surface area contributed by atoms with Crippen LogP contribution in [0.15, 0.2) is 82.7 Å². The summed E-state index contributed by atoms with van der Waals surface area (Å²) in [5, 5.41) is 13.7. The Balaban J connectivity index is 1.50. The molecule has 0 fully saturated rings. The fourth-order valence-corrected chi connectivity index (χ4v) is 4.22. The zero-order valence-electron chi connectivity index (χ0n) is 20.0. The highest BCUT2D eigenvalue weighted by atomic mass is 32.2. The number of aromatic nitrogens is 3. The van der Waals surface area contributed by atoms with Gasteiger partial charge in [-0.3, -0.25) is 19.4 Å². The minimum Gasteiger partial charge on any atom is -0.325 e. The van der Waals surface area contributed by atoms with E-state index in [0.717, 1.165) is 28.6 Å². The third-order valence-electron chi connectivity index (χ3n) is 5.66. The highest BCUT2D eigenvalue weighted by Crippen LogP contribution is 2.26. The van der Waals surface area contributed by atoms with Crippen LogP contribution in [0.1, 0.15) is 28.4 Å². The summed E-state index contributed by atoms with van der Waals surface area (Å²) in [6, 6.07) is 21.4. The summed E-state index contributed by atoms with van der Waals surface area (Å²) in [7, 11) is 0. The monoisotopic (exact) mass is 499 g/mol. The van der Waals surface area contributed by atoms with Crippen molar-refractivity contribution in [2.75, 3.05) is 10.6 Å². The van der Waals surface area contributed by atoms with Gasteiger partial charge in [0.1, 0.15) is 0 Å². The molecule has 1 atom stereocenters. The van der Waals surface area contributed by atoms with Gasteiger partial charge in [-0.1, -0.05) is 60.3 Å². The Kier molecular flexibility index (Phi) is 7.60. The highest BCUT2D eigenvalue weighted by molar-refractivity contribution is 8.00. The van der Waals surface area contributed by atoms with E-state index in [4.69, 9.17) is 0 Å². The predicted octanol–water partition coefficient (Wildman–Crippen LogP) is 4.82. The molecule has 0 saturated heterocycles. The molecule has 1 heterocycles. The summed E-state index contributed by atoms with van der Waals surface area (Å²) in [6.45, 7) is 5.66. The molecule has 4 aromatic rings. The standard InChI is InChI=1S/C27H25N5O3S/c1-16-10-9-15-21(17(16)2)28-24(33)18(3)36-27-30-26(35)23(31-32-27)20-13-7-8-14-22(20)29-25(34)19-11-5-4-6-12-19/h4-15,18H,1-3H3,(H,28,33)(H,29,34)(H,30,32,35). The van der Waals surface area contributed by atoms with Crippen LogP contribution in [-0.2, 0) is 4.79 Å². The number of para-hydroxylation sites is 1. The van der Waals surface area contributed by atoms with Crippen LogP contribution >= 0.6 is 11.8 Å². The molecule has 3 N–H and O–H groups in total. The van der Waals surface area contributed by atoms with E-state index in [1.54, 1.807) is 55.5 Å². The SMILES string of the molecule is Cc1cccc(NC(=O)C(C)Sc2nnc(-c3ccccc3NC(=O)c3ccccc3)c(=O)[nH]2)c1C. The van der Waals surface area contributed by atoms with Crippen LogP contribution < -0.4 is 16.2 Å². The van der Waals surface area contributed by atoms with Crippen LogP contribution in [0.5, 0.6) is 0 Å². The van der Waals surface area contributed by atoms with Crippen molar-refractivity contribution in [3.63, 3.8) is 0 Å². The number of amides is 2. The largest absolute Gasteiger partial charge is 0.325 e. The first-order valence-corrected chi connectivity index (χ1v) is 12.2. The van der Waals surface area contributed by atoms with Gasteiger partial charge in [-0.05, 0) is 56.2 Å². The maximum Gasteiger partial charge on any atom is 0.278 e. The van der Waals surface area contributed by atoms with Crippen molar-refractivity contribution < 1.29 is 9.59 Å². The molecule has 0 radical (unpaired) electrons. The molecule has 0 aliphatic heterocycles. The van der Waals surface area contributed by atoms with Gasteiger partial charge in [-0.15, -0.1) is 10.2 Å². The Hall–Kier alpha value is -4.24. The Morgan fingerprint density at radius 3 is 2.31 bits per heavy atom. The fourth-order valence-electron chi connectivity index (χ4n) is 3.48. The minimum absolute atomic E-state index is 0.0656. The van der Waals surface area contributed by atoms with Gasteiger partial charge in [0.15, 0.2) is 10.9 Å². The molecule has 0 saturated carbocycles. The average Bonchev–Trinajstić information content (AvgIpc) is 2.88. The molecule has 3 aromatic carbocycles. The Labute approximate surface area is 212 Å². The lowest BCUT2D eigenvalue weighted by Gasteiger charge is -2.14. The summed E-state index contributed by atoms with van der Waals surface area (Å²) in [4.78, 5) is 40.9. The van der Waals surface area contributed by atoms with Crippen LogP contribution in [0.3, 0.4) is 0 Å². The van der Waals surface area contributed by atoms with E-state index in [1.165, 1.54) is 0 Å². The van der Waals surface area contributed by atoms with E-state index in [9.17, 15) is 14.4 Å². The number of carbonyl (C=O) groups excluding carboxylic acids is 2. The second-order valence-corrected chi connectivity index (χ2v) is 9.50. The van der Waals surface area contributed by atoms with Crippen molar-refractivity contribution in [1.82, 2.24) is 15.2 Å². The van der Waals surface area contributed by atoms with Crippen molar-refractivity contribution in [3.05, 3.63) is 99.8 Å². The molecule has 182 valence electrons. The molecule has 4 rings (SSSR count). The number of H-pyrrole nitrogens is 1. The van der Waals surface area contributed by atoms with Crippen LogP contribution in [0.25, 0.3) is 11.3 Å². The average molecular weight is 500 g/mol. The maximum atomic E-state index is 12.9. The first-order chi connectivity index (χ1) is 17.3. The zero-order chi connectivity index (χ0) is 25.7. The zero-order valence-corrected chi connectivity index (χ0v) is 20.8. The van der Waals surface area contributed by atoms with E-state index in [0.29, 0.717) is 16.8 Å². The molecule has 8 nitrogen and oxygen atoms in total. The number of aromatic amines is 1. The number of aryl methyl sites for hydroxylation is 1. The second kappa shape index (κ2) is 11.0. The van der Waals surface area contributed by atoms with E-state index in [2.05, 4.69) is 25.8 Å². The van der Waals surface area contributed by atoms with Crippen molar-refractivity contribution in [1.29, 1.82) is 0 Å². The molecule has 1 aromatic heterocycles. The molecule has 0 spiro atoms. The lowest BCUT2D eigenvalue weighted by molar-refractivity contribution is -0.115. The topological polar surface area (TPSA) is 117 Å². The van der Waals surface area contributed by atoms with E-state index < -0.39 is 10.8 Å². The molecular formula is C27H25N5O3S. The summed E-state index contributed by atoms with van der Waals surface area (Å²) >= 11 is 1.10. The molecule has 2 amide bonds. The Morgan fingerprint density at radius 1 is 0.861 bits per heavy atom. The van der Waals surface area contributed by atoms with Gasteiger partial charge in [0.25, 0.3) is 11.5 Å². The van der Waals surface area contributed by atoms with Gasteiger partial charge in [-0.2, -0.15) is 0 Å². The van der Waals surface area contributed by atoms with Gasteiger partial charge in [0, 0.05) is 16.8 Å². The summed E-state index contributed by atoms with van der Waals surface area (Å²) in [5.41, 5.74) is 3.79. The van der Waals surface area contributed by atoms with E-state index in [-0.39, 0.29) is 22.7 Å². The highest BCUT2D eigenvalue weighted by Gasteiger charge is 2.19. The molecule has 36 heavy (non-hydrogen) atoms. The van der Waals surface area contributed by atoms with E-state index >= 15 is 0 Å². The number of nitrogens with one attached hydrogen (secondary N) is 3. The summed E-state index contributed by atoms with van der Waals surface area (Å²) < 4.78 is 0. The number of carbonyl (C=O) groups is 2. The molecular weight excluding hydrogens is 474 g/mol. The number of rotatable bonds is 7. The van der Waals surface area contributed by atoms with Crippen molar-refractivity contribution >= 4 is 35.0 Å². The second-order valence-electron chi connectivity index (χ2n) is 8.17. The lowest BCUT2D eigenvalue weighted by atomic mass is 10.1. The molecule has 0 bridgehead atoms. The van der Waals surface area contributed by atoms with Crippen LogP contribution in [0.2, 0.25) is 0 Å². The van der Waals surface area contributed by atoms with Gasteiger partial charge in [-0.25, -0.2) is 0 Å². The maximum absolute atomic E-state index is 12.9. The molecule has 0 aliphatic carbocycles. The minimum atomic E-state index is -0.529. The van der Waals surface area contributed by atoms with Gasteiger partial charge >= 0.3 is 0 Å². The summed E-state index contributed by atoms with van der Waals surface area (Å²) in [6.07, 6.45) is 0. The van der Waals surface area contributed by atoms with Gasteiger partial charge in [0.05, 0.1) is 10.9 Å². The number of hydrogen-bond acceptors (Lipinski definition) is 6. The first-order valence-electron chi connectivity index (χ1n) is 11.3. The lowest BCUT2D eigenvalue weighted by Crippen LogP contribution is -2.24. The quantitative estimate of drug-likeness (QED) is 0.314. The molecule has 1 unspecified atom stereocenters. The third kappa shape index (κ3) is 5.69. The van der Waals surface area contributed by atoms with Crippen molar-refractivity contribution in [2.45, 2.75) is 31.2 Å². The Bertz CT molecular complexity index is 1470. The fraction of sp³-hybridized carbons (Fsp3) is 0.148. The van der Waals surface area contributed by atoms with Crippen molar-refractivity contribution in [3.8, 4) is 11.3 Å². The summed E-state index contributed by atoms with van der Waals surface area (Å²) in [5.74, 6) is -0.516. The van der Waals surface area contributed by atoms with Crippen molar-refractivity contribution in [2.24, 2.45) is 0 Å².